The Hall–Kier alpha value is -2.45. The molecule has 0 atom stereocenters. The molecule has 25 heavy (non-hydrogen) atoms. The number of sulfone groups is 1. The van der Waals surface area contributed by atoms with Gasteiger partial charge in [-0.2, -0.15) is 0 Å². The molecular weight excluding hydrogens is 376 g/mol. The smallest absolute Gasteiger partial charge is 0.351 e. The second-order valence-corrected chi connectivity index (χ2v) is 7.36. The van der Waals surface area contributed by atoms with Gasteiger partial charge in [0.05, 0.1) is 22.7 Å². The molecule has 9 heteroatoms. The van der Waals surface area contributed by atoms with Crippen molar-refractivity contribution in [1.29, 1.82) is 0 Å². The third kappa shape index (κ3) is 2.87. The van der Waals surface area contributed by atoms with Gasteiger partial charge in [0, 0.05) is 11.9 Å². The van der Waals surface area contributed by atoms with E-state index in [2.05, 4.69) is 4.74 Å². The van der Waals surface area contributed by atoms with Gasteiger partial charge in [-0.1, -0.05) is 11.6 Å². The van der Waals surface area contributed by atoms with Crippen molar-refractivity contribution in [2.45, 2.75) is 4.90 Å². The normalized spacial score (nSPS) is 15.4. The quantitative estimate of drug-likeness (QED) is 0.584. The van der Waals surface area contributed by atoms with Crippen molar-refractivity contribution in [3.8, 4) is 0 Å². The third-order valence-corrected chi connectivity index (χ3v) is 5.64. The molecule has 0 amide bonds. The lowest BCUT2D eigenvalue weighted by molar-refractivity contribution is -0.135. The summed E-state index contributed by atoms with van der Waals surface area (Å²) in [7, 11) is -3.16. The zero-order valence-electron chi connectivity index (χ0n) is 12.7. The van der Waals surface area contributed by atoms with E-state index in [9.17, 15) is 22.0 Å². The predicted molar refractivity (Wildman–Crippen MR) is 87.2 cm³/mol. The van der Waals surface area contributed by atoms with Crippen LogP contribution in [-0.2, 0) is 19.4 Å². The van der Waals surface area contributed by atoms with E-state index in [0.29, 0.717) is 0 Å². The van der Waals surface area contributed by atoms with Gasteiger partial charge in [-0.05, 0) is 36.4 Å². The number of methoxy groups -OCH3 is 1. The van der Waals surface area contributed by atoms with Gasteiger partial charge < -0.3 is 9.64 Å². The van der Waals surface area contributed by atoms with Crippen LogP contribution < -0.4 is 4.90 Å². The van der Waals surface area contributed by atoms with Crippen LogP contribution >= 0.6 is 11.6 Å². The summed E-state index contributed by atoms with van der Waals surface area (Å²) in [6.07, 6.45) is 0.993. The topological polar surface area (TPSA) is 63.7 Å². The van der Waals surface area contributed by atoms with Crippen molar-refractivity contribution in [3.05, 3.63) is 64.2 Å². The number of rotatable bonds is 2. The minimum absolute atomic E-state index is 0.0321. The van der Waals surface area contributed by atoms with Crippen LogP contribution in [0.1, 0.15) is 0 Å². The lowest BCUT2D eigenvalue weighted by Crippen LogP contribution is -2.26. The summed E-state index contributed by atoms with van der Waals surface area (Å²) in [6, 6.07) is 6.63. The number of nitrogens with zero attached hydrogens (tertiary/aromatic N) is 1. The van der Waals surface area contributed by atoms with Crippen molar-refractivity contribution >= 4 is 38.8 Å². The van der Waals surface area contributed by atoms with Gasteiger partial charge in [0.2, 0.25) is 9.84 Å². The van der Waals surface area contributed by atoms with Crippen molar-refractivity contribution in [2.24, 2.45) is 0 Å². The van der Waals surface area contributed by atoms with Crippen LogP contribution in [-0.4, -0.2) is 21.5 Å². The fourth-order valence-corrected chi connectivity index (χ4v) is 4.03. The highest BCUT2D eigenvalue weighted by Gasteiger charge is 2.36. The second kappa shape index (κ2) is 6.12. The minimum atomic E-state index is -4.20. The highest BCUT2D eigenvalue weighted by atomic mass is 35.5. The average molecular weight is 386 g/mol. The first kappa shape index (κ1) is 17.4. The summed E-state index contributed by atoms with van der Waals surface area (Å²) in [5.41, 5.74) is 0.213. The molecule has 0 saturated heterocycles. The van der Waals surface area contributed by atoms with Gasteiger partial charge in [0.25, 0.3) is 0 Å². The fourth-order valence-electron chi connectivity index (χ4n) is 2.39. The molecular formula is C16H10ClF2NO4S. The molecule has 2 aromatic carbocycles. The average Bonchev–Trinajstić information content (AvgIpc) is 2.56. The number of hydrogen-bond donors (Lipinski definition) is 0. The Kier molecular flexibility index (Phi) is 4.26. The molecule has 0 N–H and O–H groups in total. The lowest BCUT2D eigenvalue weighted by Gasteiger charge is -2.28. The molecule has 0 aromatic heterocycles. The zero-order valence-corrected chi connectivity index (χ0v) is 14.2. The second-order valence-electron chi connectivity index (χ2n) is 5.07. The summed E-state index contributed by atoms with van der Waals surface area (Å²) in [6.45, 7) is 0. The Labute approximate surface area is 147 Å². The van der Waals surface area contributed by atoms with Crippen LogP contribution in [0.2, 0.25) is 5.02 Å². The third-order valence-electron chi connectivity index (χ3n) is 3.57. The number of benzene rings is 2. The summed E-state index contributed by atoms with van der Waals surface area (Å²) < 4.78 is 56.8. The molecule has 0 spiro atoms. The van der Waals surface area contributed by atoms with E-state index in [-0.39, 0.29) is 21.3 Å². The van der Waals surface area contributed by atoms with E-state index in [4.69, 9.17) is 11.6 Å². The van der Waals surface area contributed by atoms with E-state index in [1.165, 1.54) is 17.0 Å². The Balaban J connectivity index is 2.30. The zero-order chi connectivity index (χ0) is 18.4. The molecule has 0 aliphatic carbocycles. The maximum atomic E-state index is 13.7. The van der Waals surface area contributed by atoms with E-state index in [0.717, 1.165) is 37.6 Å². The largest absolute Gasteiger partial charge is 0.465 e. The van der Waals surface area contributed by atoms with Gasteiger partial charge >= 0.3 is 5.97 Å². The number of anilines is 2. The summed E-state index contributed by atoms with van der Waals surface area (Å²) in [5, 5.41) is -0.211. The maximum absolute atomic E-state index is 13.7. The van der Waals surface area contributed by atoms with Gasteiger partial charge in [-0.3, -0.25) is 0 Å². The van der Waals surface area contributed by atoms with Gasteiger partial charge in [0.15, 0.2) is 4.91 Å². The number of carbonyl (C=O) groups excluding carboxylic acids is 1. The fraction of sp³-hybridized carbons (Fsp3) is 0.0625. The lowest BCUT2D eigenvalue weighted by atomic mass is 10.2. The molecule has 1 aliphatic heterocycles. The molecule has 1 aliphatic rings. The highest BCUT2D eigenvalue weighted by molar-refractivity contribution is 7.96. The molecule has 130 valence electrons. The van der Waals surface area contributed by atoms with E-state index >= 15 is 0 Å². The van der Waals surface area contributed by atoms with Crippen LogP contribution in [0, 0.1) is 11.6 Å². The summed E-state index contributed by atoms with van der Waals surface area (Å²) in [4.78, 5) is 12.2. The Morgan fingerprint density at radius 1 is 1.16 bits per heavy atom. The molecule has 0 bridgehead atoms. The number of halogens is 3. The van der Waals surface area contributed by atoms with E-state index in [1.54, 1.807) is 0 Å². The SMILES string of the molecule is COC(=O)C1=CN(c2ccc(F)c(Cl)c2)c2cc(F)ccc2S1(=O)=O. The Morgan fingerprint density at radius 2 is 1.88 bits per heavy atom. The van der Waals surface area contributed by atoms with Crippen molar-refractivity contribution in [3.63, 3.8) is 0 Å². The first-order valence-corrected chi connectivity index (χ1v) is 8.71. The van der Waals surface area contributed by atoms with Gasteiger partial charge in [0.1, 0.15) is 11.6 Å². The van der Waals surface area contributed by atoms with Crippen LogP contribution in [0.15, 0.2) is 52.4 Å². The Morgan fingerprint density at radius 3 is 2.52 bits per heavy atom. The minimum Gasteiger partial charge on any atom is -0.465 e. The van der Waals surface area contributed by atoms with Crippen LogP contribution in [0.4, 0.5) is 20.2 Å². The molecule has 1 heterocycles. The molecule has 0 saturated carbocycles. The first-order valence-electron chi connectivity index (χ1n) is 6.85. The van der Waals surface area contributed by atoms with Crippen molar-refractivity contribution in [1.82, 2.24) is 0 Å². The molecule has 0 fully saturated rings. The van der Waals surface area contributed by atoms with Crippen LogP contribution in [0.5, 0.6) is 0 Å². The van der Waals surface area contributed by atoms with Gasteiger partial charge in [-0.15, -0.1) is 0 Å². The first-order chi connectivity index (χ1) is 11.8. The van der Waals surface area contributed by atoms with Crippen LogP contribution in [0.3, 0.4) is 0 Å². The van der Waals surface area contributed by atoms with E-state index in [1.807, 2.05) is 0 Å². The van der Waals surface area contributed by atoms with Crippen molar-refractivity contribution in [2.75, 3.05) is 12.0 Å². The summed E-state index contributed by atoms with van der Waals surface area (Å²) in [5.74, 6) is -2.43. The van der Waals surface area contributed by atoms with Crippen molar-refractivity contribution < 1.29 is 26.7 Å². The molecule has 0 radical (unpaired) electrons. The Bertz CT molecular complexity index is 1020. The molecule has 5 nitrogen and oxygen atoms in total. The maximum Gasteiger partial charge on any atom is 0.351 e. The molecule has 2 aromatic rings. The van der Waals surface area contributed by atoms with Crippen LogP contribution in [0.25, 0.3) is 0 Å². The molecule has 3 rings (SSSR count). The number of carbonyl (C=O) groups is 1. The predicted octanol–water partition coefficient (Wildman–Crippen LogP) is 3.56. The van der Waals surface area contributed by atoms with Gasteiger partial charge in [-0.25, -0.2) is 22.0 Å². The summed E-state index contributed by atoms with van der Waals surface area (Å²) >= 11 is 5.77. The number of fused-ring (bicyclic) bond motifs is 1. The number of hydrogen-bond acceptors (Lipinski definition) is 5. The standard InChI is InChI=1S/C16H10ClF2NO4S/c1-24-16(21)15-8-20(10-3-4-12(19)11(17)7-10)13-6-9(18)2-5-14(13)25(15,22)23/h2-8H,1H3. The van der Waals surface area contributed by atoms with E-state index < -0.39 is 32.3 Å². The monoisotopic (exact) mass is 385 g/mol. The number of ether oxygens (including phenoxy) is 1. The number of esters is 1. The molecule has 0 unspecified atom stereocenters. The highest BCUT2D eigenvalue weighted by Crippen LogP contribution is 2.40.